The first-order chi connectivity index (χ1) is 12.7. The molecule has 0 aliphatic rings. The second kappa shape index (κ2) is 6.76. The Morgan fingerprint density at radius 2 is 1.69 bits per heavy atom. The van der Waals surface area contributed by atoms with Crippen molar-refractivity contribution in [3.05, 3.63) is 78.4 Å². The normalized spacial score (nSPS) is 10.7. The van der Waals surface area contributed by atoms with Gasteiger partial charge in [-0.2, -0.15) is 4.98 Å². The van der Waals surface area contributed by atoms with Crippen LogP contribution in [0, 0.1) is 13.8 Å². The van der Waals surface area contributed by atoms with Crippen LogP contribution < -0.4 is 5.32 Å². The van der Waals surface area contributed by atoms with E-state index >= 15 is 0 Å². The van der Waals surface area contributed by atoms with Gasteiger partial charge in [0.1, 0.15) is 11.5 Å². The zero-order valence-electron chi connectivity index (χ0n) is 14.6. The first-order valence-electron chi connectivity index (χ1n) is 8.32. The van der Waals surface area contributed by atoms with Gasteiger partial charge >= 0.3 is 0 Å². The molecule has 1 N–H and O–H groups in total. The average Bonchev–Trinajstić information content (AvgIpc) is 3.12. The van der Waals surface area contributed by atoms with Crippen molar-refractivity contribution in [2.45, 2.75) is 13.8 Å². The summed E-state index contributed by atoms with van der Waals surface area (Å²) < 4.78 is 1.90. The fourth-order valence-corrected chi connectivity index (χ4v) is 2.89. The summed E-state index contributed by atoms with van der Waals surface area (Å²) in [6, 6.07) is 13.9. The molecule has 4 aromatic rings. The van der Waals surface area contributed by atoms with Gasteiger partial charge in [0.25, 0.3) is 0 Å². The minimum absolute atomic E-state index is 0.535. The molecule has 0 unspecified atom stereocenters. The molecule has 0 spiro atoms. The van der Waals surface area contributed by atoms with Crippen molar-refractivity contribution in [1.29, 1.82) is 0 Å². The van der Waals surface area contributed by atoms with E-state index in [0.29, 0.717) is 5.95 Å². The molecule has 6 nitrogen and oxygen atoms in total. The predicted octanol–water partition coefficient (Wildman–Crippen LogP) is 4.08. The fourth-order valence-electron chi connectivity index (χ4n) is 2.89. The van der Waals surface area contributed by atoms with E-state index in [2.05, 4.69) is 57.3 Å². The van der Waals surface area contributed by atoms with Crippen molar-refractivity contribution in [3.63, 3.8) is 0 Å². The van der Waals surface area contributed by atoms with Crippen molar-refractivity contribution >= 4 is 11.6 Å². The van der Waals surface area contributed by atoms with Crippen molar-refractivity contribution in [1.82, 2.24) is 24.5 Å². The summed E-state index contributed by atoms with van der Waals surface area (Å²) in [5.41, 5.74) is 4.14. The number of nitrogens with one attached hydrogen (secondary N) is 1. The van der Waals surface area contributed by atoms with Gasteiger partial charge < -0.3 is 5.32 Å². The third kappa shape index (κ3) is 3.30. The molecule has 26 heavy (non-hydrogen) atoms. The van der Waals surface area contributed by atoms with Crippen LogP contribution in [-0.2, 0) is 0 Å². The maximum Gasteiger partial charge on any atom is 0.229 e. The molecule has 0 bridgehead atoms. The number of hydrogen-bond acceptors (Lipinski definition) is 5. The van der Waals surface area contributed by atoms with Crippen LogP contribution in [-0.4, -0.2) is 24.5 Å². The Bertz CT molecular complexity index is 1020. The van der Waals surface area contributed by atoms with Gasteiger partial charge in [-0.3, -0.25) is 9.55 Å². The summed E-state index contributed by atoms with van der Waals surface area (Å²) in [7, 11) is 0. The molecule has 0 amide bonds. The van der Waals surface area contributed by atoms with Crippen molar-refractivity contribution in [2.75, 3.05) is 5.32 Å². The average molecular weight is 342 g/mol. The number of anilines is 2. The summed E-state index contributed by atoms with van der Waals surface area (Å²) in [4.78, 5) is 17.8. The molecule has 0 fully saturated rings. The van der Waals surface area contributed by atoms with Crippen LogP contribution in [0.3, 0.4) is 0 Å². The highest BCUT2D eigenvalue weighted by atomic mass is 15.2. The van der Waals surface area contributed by atoms with E-state index in [-0.39, 0.29) is 0 Å². The van der Waals surface area contributed by atoms with Crippen LogP contribution in [0.15, 0.2) is 67.3 Å². The number of nitrogens with zero attached hydrogens (tertiary/aromatic N) is 5. The van der Waals surface area contributed by atoms with E-state index in [4.69, 9.17) is 0 Å². The summed E-state index contributed by atoms with van der Waals surface area (Å²) >= 11 is 0. The van der Waals surface area contributed by atoms with Gasteiger partial charge in [-0.1, -0.05) is 12.1 Å². The van der Waals surface area contributed by atoms with E-state index in [1.165, 1.54) is 11.1 Å². The number of aryl methyl sites for hydroxylation is 2. The third-order valence-electron chi connectivity index (χ3n) is 3.90. The molecule has 0 aliphatic heterocycles. The van der Waals surface area contributed by atoms with Crippen molar-refractivity contribution < 1.29 is 0 Å². The quantitative estimate of drug-likeness (QED) is 0.605. The number of rotatable bonds is 4. The fraction of sp³-hybridized carbons (Fsp3) is 0.100. The number of aromatic nitrogens is 5. The van der Waals surface area contributed by atoms with Gasteiger partial charge in [0.05, 0.1) is 0 Å². The summed E-state index contributed by atoms with van der Waals surface area (Å²) in [5.74, 6) is 2.00. The molecule has 4 rings (SSSR count). The van der Waals surface area contributed by atoms with Gasteiger partial charge in [-0.15, -0.1) is 0 Å². The van der Waals surface area contributed by atoms with Crippen LogP contribution in [0.1, 0.15) is 11.1 Å². The van der Waals surface area contributed by atoms with Crippen molar-refractivity contribution in [2.24, 2.45) is 0 Å². The van der Waals surface area contributed by atoms with Gasteiger partial charge in [-0.05, 0) is 55.3 Å². The second-order valence-electron chi connectivity index (χ2n) is 6.08. The topological polar surface area (TPSA) is 68.5 Å². The van der Waals surface area contributed by atoms with E-state index < -0.39 is 0 Å². The number of hydrogen-bond donors (Lipinski definition) is 1. The molecule has 6 heteroatoms. The largest absolute Gasteiger partial charge is 0.324 e. The molecule has 0 saturated carbocycles. The lowest BCUT2D eigenvalue weighted by Gasteiger charge is -2.10. The van der Waals surface area contributed by atoms with E-state index in [1.54, 1.807) is 18.6 Å². The second-order valence-corrected chi connectivity index (χ2v) is 6.08. The molecule has 1 aromatic carbocycles. The molecular formula is C20H18N6. The zero-order chi connectivity index (χ0) is 17.9. The monoisotopic (exact) mass is 342 g/mol. The molecule has 128 valence electrons. The lowest BCUT2D eigenvalue weighted by Crippen LogP contribution is -2.04. The zero-order valence-corrected chi connectivity index (χ0v) is 14.6. The van der Waals surface area contributed by atoms with Gasteiger partial charge in [0, 0.05) is 30.5 Å². The molecule has 0 saturated heterocycles. The first kappa shape index (κ1) is 16.0. The Kier molecular flexibility index (Phi) is 4.15. The van der Waals surface area contributed by atoms with Crippen LogP contribution in [0.25, 0.3) is 17.3 Å². The minimum atomic E-state index is 0.535. The van der Waals surface area contributed by atoms with E-state index in [9.17, 15) is 0 Å². The summed E-state index contributed by atoms with van der Waals surface area (Å²) in [6.45, 7) is 4.14. The minimum Gasteiger partial charge on any atom is -0.324 e. The summed E-state index contributed by atoms with van der Waals surface area (Å²) in [6.07, 6.45) is 7.09. The SMILES string of the molecule is Cc1cc(C)cc(Nc2nccc(-n3ccnc3-c3ccccn3)n2)c1. The molecule has 3 aromatic heterocycles. The Morgan fingerprint density at radius 3 is 2.46 bits per heavy atom. The maximum atomic E-state index is 4.63. The molecular weight excluding hydrogens is 324 g/mol. The molecule has 3 heterocycles. The standard InChI is InChI=1S/C20H18N6/c1-14-11-15(2)13-16(12-14)24-20-23-8-6-18(25-20)26-10-9-22-19(26)17-5-3-4-7-21-17/h3-13H,1-2H3,(H,23,24,25). The Labute approximate surface area is 151 Å². The molecule has 0 atom stereocenters. The van der Waals surface area contributed by atoms with E-state index in [1.807, 2.05) is 35.0 Å². The van der Waals surface area contributed by atoms with Crippen LogP contribution in [0.5, 0.6) is 0 Å². The Hall–Kier alpha value is -3.54. The molecule has 0 aliphatic carbocycles. The van der Waals surface area contributed by atoms with Crippen LogP contribution in [0.4, 0.5) is 11.6 Å². The Morgan fingerprint density at radius 1 is 0.846 bits per heavy atom. The lowest BCUT2D eigenvalue weighted by atomic mass is 10.1. The lowest BCUT2D eigenvalue weighted by molar-refractivity contribution is 0.975. The highest BCUT2D eigenvalue weighted by molar-refractivity contribution is 5.57. The third-order valence-corrected chi connectivity index (χ3v) is 3.90. The van der Waals surface area contributed by atoms with Crippen molar-refractivity contribution in [3.8, 4) is 17.3 Å². The number of pyridine rings is 1. The predicted molar refractivity (Wildman–Crippen MR) is 102 cm³/mol. The first-order valence-corrected chi connectivity index (χ1v) is 8.32. The molecule has 0 radical (unpaired) electrons. The Balaban J connectivity index is 1.68. The number of imidazole rings is 1. The van der Waals surface area contributed by atoms with Gasteiger partial charge in [0.15, 0.2) is 5.82 Å². The maximum absolute atomic E-state index is 4.63. The van der Waals surface area contributed by atoms with E-state index in [0.717, 1.165) is 23.0 Å². The highest BCUT2D eigenvalue weighted by Crippen LogP contribution is 2.20. The highest BCUT2D eigenvalue weighted by Gasteiger charge is 2.10. The van der Waals surface area contributed by atoms with Gasteiger partial charge in [0.2, 0.25) is 5.95 Å². The van der Waals surface area contributed by atoms with Crippen LogP contribution in [0.2, 0.25) is 0 Å². The number of benzene rings is 1. The smallest absolute Gasteiger partial charge is 0.229 e. The van der Waals surface area contributed by atoms with Gasteiger partial charge in [-0.25, -0.2) is 9.97 Å². The van der Waals surface area contributed by atoms with Crippen LogP contribution >= 0.6 is 0 Å². The summed E-state index contributed by atoms with van der Waals surface area (Å²) in [5, 5.41) is 3.28.